The van der Waals surface area contributed by atoms with Crippen LogP contribution in [0.15, 0.2) is 120 Å². The van der Waals surface area contributed by atoms with Gasteiger partial charge in [0.1, 0.15) is 6.61 Å². The Balaban J connectivity index is 1.35. The maximum absolute atomic E-state index is 14.3. The molecule has 0 aromatic heterocycles. The molecule has 0 unspecified atom stereocenters. The Hall–Kier alpha value is -4.47. The van der Waals surface area contributed by atoms with Crippen molar-refractivity contribution >= 4 is 22.1 Å². The molecule has 8 nitrogen and oxygen atoms in total. The molecule has 2 aliphatic rings. The SMILES string of the molecule is Cc1ccc(S(=O)(=O)O[C@H]2CN(C(=O)OCc3ccccc3)[C@@]3(C2)C(=O)N(Cc2ccccc2)[C@H]3c2ccccc2)cc1. The number of ether oxygens (including phenoxy) is 1. The highest BCUT2D eigenvalue weighted by molar-refractivity contribution is 7.86. The van der Waals surface area contributed by atoms with Gasteiger partial charge in [0.05, 0.1) is 23.6 Å². The monoisotopic (exact) mass is 596 g/mol. The fourth-order valence-corrected chi connectivity index (χ4v) is 7.17. The van der Waals surface area contributed by atoms with Crippen LogP contribution in [-0.2, 0) is 37.0 Å². The van der Waals surface area contributed by atoms with Gasteiger partial charge in [-0.2, -0.15) is 8.42 Å². The van der Waals surface area contributed by atoms with Gasteiger partial charge in [0.25, 0.3) is 16.0 Å². The fraction of sp³-hybridized carbons (Fsp3) is 0.235. The molecular weight excluding hydrogens is 564 g/mol. The van der Waals surface area contributed by atoms with E-state index in [1.807, 2.05) is 97.9 Å². The number of rotatable bonds is 8. The molecule has 0 bridgehead atoms. The van der Waals surface area contributed by atoms with E-state index >= 15 is 0 Å². The van der Waals surface area contributed by atoms with E-state index in [1.165, 1.54) is 17.0 Å². The maximum atomic E-state index is 14.3. The average molecular weight is 597 g/mol. The molecule has 43 heavy (non-hydrogen) atoms. The molecule has 0 radical (unpaired) electrons. The molecule has 2 amide bonds. The Morgan fingerprint density at radius 2 is 1.42 bits per heavy atom. The first-order chi connectivity index (χ1) is 20.8. The first-order valence-corrected chi connectivity index (χ1v) is 15.6. The lowest BCUT2D eigenvalue weighted by molar-refractivity contribution is -0.174. The lowest BCUT2D eigenvalue weighted by Gasteiger charge is -2.57. The van der Waals surface area contributed by atoms with E-state index in [-0.39, 0.29) is 30.4 Å². The van der Waals surface area contributed by atoms with E-state index in [0.717, 1.165) is 22.3 Å². The van der Waals surface area contributed by atoms with Crippen LogP contribution in [0.4, 0.5) is 4.79 Å². The van der Waals surface area contributed by atoms with Crippen molar-refractivity contribution in [1.29, 1.82) is 0 Å². The smallest absolute Gasteiger partial charge is 0.411 e. The van der Waals surface area contributed by atoms with E-state index < -0.39 is 33.9 Å². The number of likely N-dealkylation sites (tertiary alicyclic amines) is 2. The minimum Gasteiger partial charge on any atom is -0.445 e. The highest BCUT2D eigenvalue weighted by Crippen LogP contribution is 2.54. The first kappa shape index (κ1) is 28.6. The highest BCUT2D eigenvalue weighted by Gasteiger charge is 2.69. The quantitative estimate of drug-likeness (QED) is 0.193. The summed E-state index contributed by atoms with van der Waals surface area (Å²) in [5.74, 6) is -0.277. The lowest BCUT2D eigenvalue weighted by atomic mass is 9.72. The molecule has 0 N–H and O–H groups in total. The standard InChI is InChI=1S/C34H32N2O6S/c1-25-17-19-30(20-18-25)43(39,40)42-29-21-34(36(23-29)33(38)41-24-27-13-7-3-8-14-27)31(28-15-9-4-10-16-28)35(32(34)37)22-26-11-5-2-6-12-26/h2-20,29,31H,21-24H2,1H3/t29-,31+,34-/m1/s1. The minimum atomic E-state index is -4.16. The van der Waals surface area contributed by atoms with Crippen LogP contribution in [0.5, 0.6) is 0 Å². The zero-order chi connectivity index (χ0) is 30.0. The normalized spacial score (nSPS) is 21.6. The molecular formula is C34H32N2O6S. The summed E-state index contributed by atoms with van der Waals surface area (Å²) >= 11 is 0. The molecule has 2 fully saturated rings. The average Bonchev–Trinajstić information content (AvgIpc) is 3.41. The molecule has 220 valence electrons. The van der Waals surface area contributed by atoms with E-state index in [0.29, 0.717) is 6.54 Å². The molecule has 0 aliphatic carbocycles. The fourth-order valence-electron chi connectivity index (χ4n) is 6.10. The highest BCUT2D eigenvalue weighted by atomic mass is 32.2. The van der Waals surface area contributed by atoms with E-state index in [4.69, 9.17) is 8.92 Å². The number of carbonyl (C=O) groups excluding carboxylic acids is 2. The van der Waals surface area contributed by atoms with Gasteiger partial charge < -0.3 is 9.64 Å². The largest absolute Gasteiger partial charge is 0.445 e. The van der Waals surface area contributed by atoms with Crippen molar-refractivity contribution in [2.45, 2.75) is 49.1 Å². The number of benzene rings is 4. The van der Waals surface area contributed by atoms with E-state index in [9.17, 15) is 18.0 Å². The molecule has 1 spiro atoms. The van der Waals surface area contributed by atoms with Gasteiger partial charge >= 0.3 is 6.09 Å². The number of carbonyl (C=O) groups is 2. The van der Waals surface area contributed by atoms with Crippen LogP contribution in [0.1, 0.15) is 34.7 Å². The van der Waals surface area contributed by atoms with Gasteiger partial charge in [-0.15, -0.1) is 0 Å². The van der Waals surface area contributed by atoms with Gasteiger partial charge in [-0.05, 0) is 35.7 Å². The van der Waals surface area contributed by atoms with Crippen molar-refractivity contribution in [3.8, 4) is 0 Å². The van der Waals surface area contributed by atoms with Crippen molar-refractivity contribution in [3.05, 3.63) is 138 Å². The molecule has 3 atom stereocenters. The van der Waals surface area contributed by atoms with Crippen molar-refractivity contribution < 1.29 is 26.9 Å². The van der Waals surface area contributed by atoms with Gasteiger partial charge in [-0.25, -0.2) is 4.79 Å². The summed E-state index contributed by atoms with van der Waals surface area (Å²) in [7, 11) is -4.16. The number of hydrogen-bond acceptors (Lipinski definition) is 6. The van der Waals surface area contributed by atoms with Crippen LogP contribution < -0.4 is 0 Å². The molecule has 2 heterocycles. The Morgan fingerprint density at radius 3 is 2.05 bits per heavy atom. The molecule has 0 saturated carbocycles. The molecule has 2 aliphatic heterocycles. The third-order valence-electron chi connectivity index (χ3n) is 8.11. The number of nitrogens with zero attached hydrogens (tertiary/aromatic N) is 2. The van der Waals surface area contributed by atoms with Crippen LogP contribution in [0.3, 0.4) is 0 Å². The summed E-state index contributed by atoms with van der Waals surface area (Å²) < 4.78 is 38.0. The number of aryl methyl sites for hydroxylation is 1. The molecule has 2 saturated heterocycles. The molecule has 4 aromatic rings. The summed E-state index contributed by atoms with van der Waals surface area (Å²) in [5.41, 5.74) is 2.11. The van der Waals surface area contributed by atoms with Gasteiger partial charge in [0.2, 0.25) is 0 Å². The van der Waals surface area contributed by atoms with Crippen molar-refractivity contribution in [2.24, 2.45) is 0 Å². The van der Waals surface area contributed by atoms with Crippen LogP contribution in [-0.4, -0.2) is 48.4 Å². The predicted octanol–water partition coefficient (Wildman–Crippen LogP) is 5.63. The Bertz CT molecular complexity index is 1700. The second kappa shape index (κ2) is 11.7. The zero-order valence-corrected chi connectivity index (χ0v) is 24.5. The van der Waals surface area contributed by atoms with Gasteiger partial charge in [-0.1, -0.05) is 109 Å². The van der Waals surface area contributed by atoms with Gasteiger partial charge in [0, 0.05) is 13.0 Å². The van der Waals surface area contributed by atoms with Crippen LogP contribution >= 0.6 is 0 Å². The van der Waals surface area contributed by atoms with Crippen molar-refractivity contribution in [2.75, 3.05) is 6.54 Å². The second-order valence-electron chi connectivity index (χ2n) is 11.0. The third-order valence-corrected chi connectivity index (χ3v) is 9.49. The third kappa shape index (κ3) is 5.53. The Labute approximate surface area is 251 Å². The number of β-lactam (4-membered cyclic amide) rings is 1. The summed E-state index contributed by atoms with van der Waals surface area (Å²) in [5, 5.41) is 0. The topological polar surface area (TPSA) is 93.2 Å². The molecule has 9 heteroatoms. The number of hydrogen-bond donors (Lipinski definition) is 0. The summed E-state index contributed by atoms with van der Waals surface area (Å²) in [6.45, 7) is 2.09. The predicted molar refractivity (Wildman–Crippen MR) is 160 cm³/mol. The van der Waals surface area contributed by atoms with E-state index in [2.05, 4.69) is 0 Å². The summed E-state index contributed by atoms with van der Waals surface area (Å²) in [6, 6.07) is 34.2. The van der Waals surface area contributed by atoms with Crippen LogP contribution in [0.25, 0.3) is 0 Å². The van der Waals surface area contributed by atoms with Gasteiger partial charge in [0.15, 0.2) is 5.54 Å². The summed E-state index contributed by atoms with van der Waals surface area (Å²) in [4.78, 5) is 31.1. The second-order valence-corrected chi connectivity index (χ2v) is 12.6. The van der Waals surface area contributed by atoms with Crippen LogP contribution in [0.2, 0.25) is 0 Å². The van der Waals surface area contributed by atoms with Gasteiger partial charge in [-0.3, -0.25) is 13.9 Å². The molecule has 4 aromatic carbocycles. The zero-order valence-electron chi connectivity index (χ0n) is 23.7. The number of amides is 2. The molecule has 6 rings (SSSR count). The maximum Gasteiger partial charge on any atom is 0.411 e. The van der Waals surface area contributed by atoms with E-state index in [1.54, 1.807) is 17.0 Å². The van der Waals surface area contributed by atoms with Crippen molar-refractivity contribution in [1.82, 2.24) is 9.80 Å². The van der Waals surface area contributed by atoms with Crippen LogP contribution in [0, 0.1) is 6.92 Å². The minimum absolute atomic E-state index is 0.00219. The Morgan fingerprint density at radius 1 is 0.837 bits per heavy atom. The first-order valence-electron chi connectivity index (χ1n) is 14.2. The summed E-state index contributed by atoms with van der Waals surface area (Å²) in [6.07, 6.45) is -1.65. The van der Waals surface area contributed by atoms with Crippen molar-refractivity contribution in [3.63, 3.8) is 0 Å². The Kier molecular flexibility index (Phi) is 7.77. The lowest BCUT2D eigenvalue weighted by Crippen LogP contribution is -2.73.